The first kappa shape index (κ1) is 13.6. The van der Waals surface area contributed by atoms with Gasteiger partial charge in [0.15, 0.2) is 9.04 Å². The zero-order valence-corrected chi connectivity index (χ0v) is 11.0. The Morgan fingerprint density at radius 1 is 1.43 bits per heavy atom. The molecule has 0 rings (SSSR count). The van der Waals surface area contributed by atoms with Crippen molar-refractivity contribution in [2.24, 2.45) is 5.41 Å². The summed E-state index contributed by atoms with van der Waals surface area (Å²) in [5, 5.41) is 8.92. The Hall–Kier alpha value is -0.353. The van der Waals surface area contributed by atoms with E-state index in [1.54, 1.807) is 0 Å². The molecule has 0 aromatic heterocycles. The molecule has 4 heteroatoms. The van der Waals surface area contributed by atoms with E-state index in [1.165, 1.54) is 0 Å². The summed E-state index contributed by atoms with van der Waals surface area (Å²) in [6, 6.07) is 0. The number of aliphatic carboxylic acids is 1. The standard InChI is InChI=1S/C10H22O3Si/c1-10(2,3)7-6-8(9(11)12)13-14(4)5/h8,14H,6-7H2,1-5H3,(H,11,12). The van der Waals surface area contributed by atoms with E-state index < -0.39 is 21.1 Å². The summed E-state index contributed by atoms with van der Waals surface area (Å²) < 4.78 is 5.45. The van der Waals surface area contributed by atoms with Crippen molar-refractivity contribution < 1.29 is 14.3 Å². The lowest BCUT2D eigenvalue weighted by Gasteiger charge is -2.22. The Bertz CT molecular complexity index is 184. The second-order valence-corrected chi connectivity index (χ2v) is 7.48. The van der Waals surface area contributed by atoms with Crippen molar-refractivity contribution in [2.75, 3.05) is 0 Å². The molecule has 0 saturated heterocycles. The van der Waals surface area contributed by atoms with Crippen LogP contribution in [-0.2, 0) is 9.22 Å². The molecular formula is C10H22O3Si. The maximum absolute atomic E-state index is 10.8. The van der Waals surface area contributed by atoms with Crippen molar-refractivity contribution in [3.63, 3.8) is 0 Å². The van der Waals surface area contributed by atoms with Crippen molar-refractivity contribution in [1.29, 1.82) is 0 Å². The summed E-state index contributed by atoms with van der Waals surface area (Å²) in [5.74, 6) is -0.824. The average molecular weight is 218 g/mol. The fraction of sp³-hybridized carbons (Fsp3) is 0.900. The molecule has 84 valence electrons. The lowest BCUT2D eigenvalue weighted by Crippen LogP contribution is -2.29. The van der Waals surface area contributed by atoms with Crippen molar-refractivity contribution in [1.82, 2.24) is 0 Å². The van der Waals surface area contributed by atoms with Gasteiger partial charge in [0.2, 0.25) is 0 Å². The van der Waals surface area contributed by atoms with Crippen molar-refractivity contribution in [3.8, 4) is 0 Å². The minimum Gasteiger partial charge on any atom is -0.479 e. The molecule has 0 aromatic rings. The minimum absolute atomic E-state index is 0.176. The Morgan fingerprint density at radius 2 is 1.93 bits per heavy atom. The highest BCUT2D eigenvalue weighted by atomic mass is 28.3. The van der Waals surface area contributed by atoms with Gasteiger partial charge < -0.3 is 9.53 Å². The fourth-order valence-electron chi connectivity index (χ4n) is 1.14. The largest absolute Gasteiger partial charge is 0.479 e. The molecule has 0 aliphatic rings. The van der Waals surface area contributed by atoms with Crippen molar-refractivity contribution in [2.45, 2.75) is 52.8 Å². The number of carboxylic acids is 1. The smallest absolute Gasteiger partial charge is 0.331 e. The van der Waals surface area contributed by atoms with Crippen molar-refractivity contribution >= 4 is 15.0 Å². The molecule has 0 saturated carbocycles. The predicted octanol–water partition coefficient (Wildman–Crippen LogP) is 2.27. The summed E-state index contributed by atoms with van der Waals surface area (Å²) in [6.07, 6.45) is 0.899. The summed E-state index contributed by atoms with van der Waals surface area (Å²) in [4.78, 5) is 10.8. The molecule has 1 atom stereocenters. The number of rotatable bonds is 5. The third-order valence-corrected chi connectivity index (χ3v) is 2.74. The molecule has 14 heavy (non-hydrogen) atoms. The molecule has 1 N–H and O–H groups in total. The Balaban J connectivity index is 4.05. The van der Waals surface area contributed by atoms with Crippen LogP contribution in [0.2, 0.25) is 13.1 Å². The molecule has 0 spiro atoms. The van der Waals surface area contributed by atoms with Gasteiger partial charge in [-0.1, -0.05) is 20.8 Å². The number of carboxylic acid groups (broad SMARTS) is 1. The molecule has 0 bridgehead atoms. The van der Waals surface area contributed by atoms with Crippen LogP contribution in [0.25, 0.3) is 0 Å². The number of carbonyl (C=O) groups is 1. The third kappa shape index (κ3) is 7.09. The minimum atomic E-state index is -1.25. The van der Waals surface area contributed by atoms with Crippen LogP contribution in [0.15, 0.2) is 0 Å². The monoisotopic (exact) mass is 218 g/mol. The topological polar surface area (TPSA) is 46.5 Å². The van der Waals surface area contributed by atoms with Crippen LogP contribution in [0.1, 0.15) is 33.6 Å². The zero-order valence-electron chi connectivity index (χ0n) is 9.83. The number of hydrogen-bond donors (Lipinski definition) is 1. The van der Waals surface area contributed by atoms with Crippen LogP contribution in [0.5, 0.6) is 0 Å². The van der Waals surface area contributed by atoms with Crippen LogP contribution < -0.4 is 0 Å². The summed E-state index contributed by atoms with van der Waals surface area (Å²) >= 11 is 0. The van der Waals surface area contributed by atoms with E-state index in [2.05, 4.69) is 20.8 Å². The molecule has 0 amide bonds. The van der Waals surface area contributed by atoms with Crippen LogP contribution >= 0.6 is 0 Å². The highest BCUT2D eigenvalue weighted by Crippen LogP contribution is 2.22. The van der Waals surface area contributed by atoms with Gasteiger partial charge in [-0.15, -0.1) is 0 Å². The predicted molar refractivity (Wildman–Crippen MR) is 60.1 cm³/mol. The second kappa shape index (κ2) is 5.51. The van der Waals surface area contributed by atoms with E-state index in [0.717, 1.165) is 6.42 Å². The first-order chi connectivity index (χ1) is 6.22. The maximum Gasteiger partial charge on any atom is 0.331 e. The van der Waals surface area contributed by atoms with Gasteiger partial charge in [-0.05, 0) is 31.4 Å². The molecule has 0 aliphatic heterocycles. The molecule has 0 aromatic carbocycles. The molecule has 1 unspecified atom stereocenters. The summed E-state index contributed by atoms with van der Waals surface area (Å²) in [6.45, 7) is 10.3. The van der Waals surface area contributed by atoms with Crippen LogP contribution in [-0.4, -0.2) is 26.2 Å². The first-order valence-electron chi connectivity index (χ1n) is 5.10. The third-order valence-electron chi connectivity index (χ3n) is 1.87. The van der Waals surface area contributed by atoms with Gasteiger partial charge in [-0.2, -0.15) is 0 Å². The highest BCUT2D eigenvalue weighted by Gasteiger charge is 2.22. The Kier molecular flexibility index (Phi) is 5.37. The summed E-state index contributed by atoms with van der Waals surface area (Å²) in [7, 11) is -1.25. The van der Waals surface area contributed by atoms with Crippen LogP contribution in [0, 0.1) is 5.41 Å². The van der Waals surface area contributed by atoms with Crippen LogP contribution in [0.4, 0.5) is 0 Å². The van der Waals surface area contributed by atoms with Crippen LogP contribution in [0.3, 0.4) is 0 Å². The zero-order chi connectivity index (χ0) is 11.4. The molecule has 0 aliphatic carbocycles. The number of hydrogen-bond acceptors (Lipinski definition) is 2. The highest BCUT2D eigenvalue weighted by molar-refractivity contribution is 6.48. The molecule has 0 radical (unpaired) electrons. The van der Waals surface area contributed by atoms with E-state index in [4.69, 9.17) is 9.53 Å². The van der Waals surface area contributed by atoms with Gasteiger partial charge >= 0.3 is 5.97 Å². The maximum atomic E-state index is 10.8. The normalized spacial score (nSPS) is 14.4. The first-order valence-corrected chi connectivity index (χ1v) is 7.89. The molecule has 0 fully saturated rings. The van der Waals surface area contributed by atoms with E-state index in [1.807, 2.05) is 13.1 Å². The van der Waals surface area contributed by atoms with E-state index in [9.17, 15) is 4.79 Å². The van der Waals surface area contributed by atoms with E-state index >= 15 is 0 Å². The average Bonchev–Trinajstić information content (AvgIpc) is 1.94. The Labute approximate surface area is 88.2 Å². The molecule has 0 heterocycles. The van der Waals surface area contributed by atoms with Crippen molar-refractivity contribution in [3.05, 3.63) is 0 Å². The fourth-order valence-corrected chi connectivity index (χ4v) is 2.05. The van der Waals surface area contributed by atoms with E-state index in [-0.39, 0.29) is 5.41 Å². The molecular weight excluding hydrogens is 196 g/mol. The summed E-state index contributed by atoms with van der Waals surface area (Å²) in [5.41, 5.74) is 0.176. The van der Waals surface area contributed by atoms with Gasteiger partial charge in [0.1, 0.15) is 6.10 Å². The van der Waals surface area contributed by atoms with Gasteiger partial charge in [-0.3, -0.25) is 0 Å². The lowest BCUT2D eigenvalue weighted by molar-refractivity contribution is -0.145. The quantitative estimate of drug-likeness (QED) is 0.720. The van der Waals surface area contributed by atoms with Gasteiger partial charge in [0.25, 0.3) is 0 Å². The lowest BCUT2D eigenvalue weighted by atomic mass is 9.89. The van der Waals surface area contributed by atoms with Gasteiger partial charge in [0, 0.05) is 0 Å². The van der Waals surface area contributed by atoms with E-state index in [0.29, 0.717) is 6.42 Å². The van der Waals surface area contributed by atoms with Gasteiger partial charge in [0.05, 0.1) is 0 Å². The SMILES string of the molecule is C[SiH](C)OC(CCC(C)(C)C)C(=O)O. The molecule has 3 nitrogen and oxygen atoms in total. The second-order valence-electron chi connectivity index (χ2n) is 5.11. The van der Waals surface area contributed by atoms with Gasteiger partial charge in [-0.25, -0.2) is 4.79 Å². The Morgan fingerprint density at radius 3 is 2.21 bits per heavy atom.